The van der Waals surface area contributed by atoms with E-state index < -0.39 is 0 Å². The maximum absolute atomic E-state index is 9.55. The topological polar surface area (TPSA) is 32.3 Å². The van der Waals surface area contributed by atoms with Crippen LogP contribution < -0.4 is 5.32 Å². The quantitative estimate of drug-likeness (QED) is 0.789. The van der Waals surface area contributed by atoms with E-state index in [9.17, 15) is 5.11 Å². The molecule has 3 heteroatoms. The average molecular weight is 270 g/mol. The van der Waals surface area contributed by atoms with Crippen molar-refractivity contribution in [3.05, 3.63) is 34.9 Å². The lowest BCUT2D eigenvalue weighted by atomic mass is 9.83. The molecule has 1 rings (SSSR count). The van der Waals surface area contributed by atoms with Crippen LogP contribution in [0.5, 0.6) is 0 Å². The molecule has 18 heavy (non-hydrogen) atoms. The summed E-state index contributed by atoms with van der Waals surface area (Å²) in [6.45, 7) is 7.39. The third-order valence-electron chi connectivity index (χ3n) is 3.99. The van der Waals surface area contributed by atoms with Crippen LogP contribution in [0.1, 0.15) is 45.2 Å². The molecule has 0 amide bonds. The zero-order valence-corrected chi connectivity index (χ0v) is 12.3. The highest BCUT2D eigenvalue weighted by Crippen LogP contribution is 2.27. The standard InChI is InChI=1S/C15H24ClNO/c1-4-15(5-2,11-18)10-17-12(3)13-8-6-7-9-14(13)16/h6-9,12,17-18H,4-5,10-11H2,1-3H3/t12-/m1/s1. The van der Waals surface area contributed by atoms with Gasteiger partial charge in [0.2, 0.25) is 0 Å². The lowest BCUT2D eigenvalue weighted by Crippen LogP contribution is -2.37. The van der Waals surface area contributed by atoms with Gasteiger partial charge in [0.15, 0.2) is 0 Å². The number of aliphatic hydroxyl groups is 1. The molecule has 0 aliphatic rings. The van der Waals surface area contributed by atoms with Crippen LogP contribution in [0.15, 0.2) is 24.3 Å². The van der Waals surface area contributed by atoms with Gasteiger partial charge in [0.25, 0.3) is 0 Å². The minimum absolute atomic E-state index is 0.0183. The lowest BCUT2D eigenvalue weighted by Gasteiger charge is -2.31. The van der Waals surface area contributed by atoms with Gasteiger partial charge in [-0.3, -0.25) is 0 Å². The summed E-state index contributed by atoms with van der Waals surface area (Å²) in [5.41, 5.74) is 1.09. The molecule has 1 aromatic carbocycles. The van der Waals surface area contributed by atoms with Gasteiger partial charge in [-0.1, -0.05) is 43.6 Å². The summed E-state index contributed by atoms with van der Waals surface area (Å²) in [5.74, 6) is 0. The minimum atomic E-state index is -0.0183. The molecule has 0 heterocycles. The van der Waals surface area contributed by atoms with Crippen molar-refractivity contribution >= 4 is 11.6 Å². The first-order valence-corrected chi connectivity index (χ1v) is 7.05. The number of rotatable bonds is 7. The van der Waals surface area contributed by atoms with Crippen LogP contribution >= 0.6 is 11.6 Å². The maximum atomic E-state index is 9.55. The molecule has 1 aromatic rings. The summed E-state index contributed by atoms with van der Waals surface area (Å²) in [7, 11) is 0. The molecule has 0 spiro atoms. The molecule has 2 N–H and O–H groups in total. The van der Waals surface area contributed by atoms with Crippen molar-refractivity contribution < 1.29 is 5.11 Å². The van der Waals surface area contributed by atoms with Crippen molar-refractivity contribution in [2.24, 2.45) is 5.41 Å². The second kappa shape index (κ2) is 7.13. The van der Waals surface area contributed by atoms with E-state index in [1.807, 2.05) is 24.3 Å². The highest BCUT2D eigenvalue weighted by Gasteiger charge is 2.25. The molecule has 0 unspecified atom stereocenters. The van der Waals surface area contributed by atoms with Crippen molar-refractivity contribution in [1.82, 2.24) is 5.32 Å². The Balaban J connectivity index is 2.66. The Labute approximate surface area is 115 Å². The fourth-order valence-electron chi connectivity index (χ4n) is 2.09. The Kier molecular flexibility index (Phi) is 6.13. The normalized spacial score (nSPS) is 13.6. The molecule has 2 nitrogen and oxygen atoms in total. The molecule has 0 fully saturated rings. The molecule has 0 aliphatic carbocycles. The van der Waals surface area contributed by atoms with Crippen LogP contribution in [0, 0.1) is 5.41 Å². The summed E-state index contributed by atoms with van der Waals surface area (Å²) >= 11 is 6.18. The van der Waals surface area contributed by atoms with Gasteiger partial charge in [-0.05, 0) is 31.4 Å². The van der Waals surface area contributed by atoms with E-state index in [0.717, 1.165) is 30.0 Å². The van der Waals surface area contributed by atoms with Crippen molar-refractivity contribution in [2.75, 3.05) is 13.2 Å². The van der Waals surface area contributed by atoms with Crippen molar-refractivity contribution in [3.8, 4) is 0 Å². The second-order valence-corrected chi connectivity index (χ2v) is 5.40. The first-order valence-electron chi connectivity index (χ1n) is 6.67. The predicted octanol–water partition coefficient (Wildman–Crippen LogP) is 3.79. The minimum Gasteiger partial charge on any atom is -0.396 e. The van der Waals surface area contributed by atoms with Crippen LogP contribution in [0.25, 0.3) is 0 Å². The van der Waals surface area contributed by atoms with Gasteiger partial charge < -0.3 is 10.4 Å². The Hall–Kier alpha value is -0.570. The molecule has 0 radical (unpaired) electrons. The monoisotopic (exact) mass is 269 g/mol. The summed E-state index contributed by atoms with van der Waals surface area (Å²) < 4.78 is 0. The number of halogens is 1. The molecular weight excluding hydrogens is 246 g/mol. The largest absolute Gasteiger partial charge is 0.396 e. The highest BCUT2D eigenvalue weighted by atomic mass is 35.5. The van der Waals surface area contributed by atoms with Gasteiger partial charge in [0, 0.05) is 29.6 Å². The summed E-state index contributed by atoms with van der Waals surface area (Å²) in [6.07, 6.45) is 1.95. The summed E-state index contributed by atoms with van der Waals surface area (Å²) in [6, 6.07) is 8.09. The van der Waals surface area contributed by atoms with Gasteiger partial charge in [0.05, 0.1) is 0 Å². The zero-order chi connectivity index (χ0) is 13.6. The van der Waals surface area contributed by atoms with E-state index in [4.69, 9.17) is 11.6 Å². The molecule has 102 valence electrons. The van der Waals surface area contributed by atoms with E-state index in [2.05, 4.69) is 26.1 Å². The second-order valence-electron chi connectivity index (χ2n) is 4.99. The first-order chi connectivity index (χ1) is 8.58. The Morgan fingerprint density at radius 3 is 2.39 bits per heavy atom. The Morgan fingerprint density at radius 1 is 1.28 bits per heavy atom. The van der Waals surface area contributed by atoms with Crippen LogP contribution in [0.4, 0.5) is 0 Å². The molecule has 0 saturated carbocycles. The number of hydrogen-bond donors (Lipinski definition) is 2. The molecule has 0 saturated heterocycles. The lowest BCUT2D eigenvalue weighted by molar-refractivity contribution is 0.110. The highest BCUT2D eigenvalue weighted by molar-refractivity contribution is 6.31. The van der Waals surface area contributed by atoms with Gasteiger partial charge in [0.1, 0.15) is 0 Å². The van der Waals surface area contributed by atoms with E-state index in [-0.39, 0.29) is 18.1 Å². The van der Waals surface area contributed by atoms with E-state index in [1.165, 1.54) is 0 Å². The maximum Gasteiger partial charge on any atom is 0.0499 e. The van der Waals surface area contributed by atoms with Gasteiger partial charge in [-0.2, -0.15) is 0 Å². The van der Waals surface area contributed by atoms with Crippen LogP contribution in [0.2, 0.25) is 5.02 Å². The van der Waals surface area contributed by atoms with Crippen LogP contribution in [-0.2, 0) is 0 Å². The number of hydrogen-bond acceptors (Lipinski definition) is 2. The zero-order valence-electron chi connectivity index (χ0n) is 11.5. The SMILES string of the molecule is CCC(CC)(CO)CN[C@H](C)c1ccccc1Cl. The molecule has 0 aliphatic heterocycles. The van der Waals surface area contributed by atoms with Gasteiger partial charge in [-0.15, -0.1) is 0 Å². The third-order valence-corrected chi connectivity index (χ3v) is 4.33. The summed E-state index contributed by atoms with van der Waals surface area (Å²) in [4.78, 5) is 0. The fraction of sp³-hybridized carbons (Fsp3) is 0.600. The molecule has 1 atom stereocenters. The average Bonchev–Trinajstić information content (AvgIpc) is 2.41. The number of benzene rings is 1. The summed E-state index contributed by atoms with van der Waals surface area (Å²) in [5, 5.41) is 13.8. The van der Waals surface area contributed by atoms with Gasteiger partial charge in [-0.25, -0.2) is 0 Å². The van der Waals surface area contributed by atoms with Crippen LogP contribution in [0.3, 0.4) is 0 Å². The Morgan fingerprint density at radius 2 is 1.89 bits per heavy atom. The predicted molar refractivity (Wildman–Crippen MR) is 78.0 cm³/mol. The number of nitrogens with one attached hydrogen (secondary N) is 1. The molecule has 0 aromatic heterocycles. The van der Waals surface area contributed by atoms with Crippen molar-refractivity contribution in [1.29, 1.82) is 0 Å². The van der Waals surface area contributed by atoms with E-state index in [1.54, 1.807) is 0 Å². The first kappa shape index (κ1) is 15.5. The number of aliphatic hydroxyl groups excluding tert-OH is 1. The van der Waals surface area contributed by atoms with Crippen LogP contribution in [-0.4, -0.2) is 18.3 Å². The van der Waals surface area contributed by atoms with Crippen molar-refractivity contribution in [3.63, 3.8) is 0 Å². The van der Waals surface area contributed by atoms with Gasteiger partial charge >= 0.3 is 0 Å². The Bertz CT molecular complexity index is 355. The van der Waals surface area contributed by atoms with Crippen molar-refractivity contribution in [2.45, 2.75) is 39.7 Å². The molecule has 0 bridgehead atoms. The molecular formula is C15H24ClNO. The van der Waals surface area contributed by atoms with E-state index in [0.29, 0.717) is 0 Å². The smallest absolute Gasteiger partial charge is 0.0499 e. The third kappa shape index (κ3) is 3.71. The van der Waals surface area contributed by atoms with E-state index >= 15 is 0 Å². The fourth-order valence-corrected chi connectivity index (χ4v) is 2.38.